The molecule has 0 bridgehead atoms. The number of nitrogens with zero attached hydrogens (tertiary/aromatic N) is 1. The van der Waals surface area contributed by atoms with Crippen LogP contribution in [-0.4, -0.2) is 63.2 Å². The summed E-state index contributed by atoms with van der Waals surface area (Å²) >= 11 is 0. The molecular weight excluding hydrogens is 222 g/mol. The van der Waals surface area contributed by atoms with Gasteiger partial charge in [0, 0.05) is 27.2 Å². The van der Waals surface area contributed by atoms with Crippen LogP contribution in [0, 0.1) is 0 Å². The highest BCUT2D eigenvalue weighted by Crippen LogP contribution is 1.88. The molecule has 0 saturated heterocycles. The van der Waals surface area contributed by atoms with Crippen LogP contribution in [0.15, 0.2) is 0 Å². The predicted octanol–water partition coefficient (Wildman–Crippen LogP) is -0.796. The number of hydrogen-bond acceptors (Lipinski definition) is 4. The summed E-state index contributed by atoms with van der Waals surface area (Å²) in [6.45, 7) is 4.18. The zero-order valence-electron chi connectivity index (χ0n) is 11.2. The average molecular weight is 245 g/mol. The number of carbonyl (C=O) groups is 2. The zero-order valence-corrected chi connectivity index (χ0v) is 11.2. The van der Waals surface area contributed by atoms with Crippen molar-refractivity contribution in [3.8, 4) is 0 Å². The second kappa shape index (κ2) is 8.03. The third-order valence-corrected chi connectivity index (χ3v) is 2.20. The van der Waals surface area contributed by atoms with Gasteiger partial charge in [0.25, 0.3) is 0 Å². The number of ether oxygens (including phenoxy) is 1. The Morgan fingerprint density at radius 1 is 1.29 bits per heavy atom. The summed E-state index contributed by atoms with van der Waals surface area (Å²) in [4.78, 5) is 24.5. The second-order valence-electron chi connectivity index (χ2n) is 4.26. The fourth-order valence-corrected chi connectivity index (χ4v) is 1.34. The highest BCUT2D eigenvalue weighted by atomic mass is 16.5. The minimum absolute atomic E-state index is 0.0332. The molecule has 0 saturated carbocycles. The van der Waals surface area contributed by atoms with E-state index >= 15 is 0 Å². The minimum Gasteiger partial charge on any atom is -0.383 e. The molecule has 0 heterocycles. The first-order valence-corrected chi connectivity index (χ1v) is 5.61. The Hall–Kier alpha value is -1.14. The Morgan fingerprint density at radius 2 is 1.88 bits per heavy atom. The number of likely N-dealkylation sites (N-methyl/N-ethyl adjacent to an activating group) is 1. The molecule has 0 aromatic heterocycles. The lowest BCUT2D eigenvalue weighted by Gasteiger charge is -2.18. The van der Waals surface area contributed by atoms with Gasteiger partial charge in [-0.15, -0.1) is 0 Å². The maximum Gasteiger partial charge on any atom is 0.238 e. The van der Waals surface area contributed by atoms with Crippen LogP contribution in [0.25, 0.3) is 0 Å². The number of amides is 2. The maximum atomic E-state index is 11.5. The van der Waals surface area contributed by atoms with Gasteiger partial charge in [-0.1, -0.05) is 0 Å². The van der Waals surface area contributed by atoms with Gasteiger partial charge < -0.3 is 15.0 Å². The third-order valence-electron chi connectivity index (χ3n) is 2.20. The topological polar surface area (TPSA) is 70.7 Å². The van der Waals surface area contributed by atoms with E-state index in [2.05, 4.69) is 10.6 Å². The van der Waals surface area contributed by atoms with Gasteiger partial charge in [-0.25, -0.2) is 0 Å². The van der Waals surface area contributed by atoms with E-state index in [1.807, 2.05) is 6.92 Å². The summed E-state index contributed by atoms with van der Waals surface area (Å²) in [6.07, 6.45) is 0. The molecule has 0 aliphatic heterocycles. The van der Waals surface area contributed by atoms with Crippen LogP contribution in [0.3, 0.4) is 0 Å². The molecule has 17 heavy (non-hydrogen) atoms. The zero-order chi connectivity index (χ0) is 13.4. The van der Waals surface area contributed by atoms with Gasteiger partial charge >= 0.3 is 0 Å². The van der Waals surface area contributed by atoms with Crippen LogP contribution in [0.4, 0.5) is 0 Å². The van der Waals surface area contributed by atoms with E-state index in [-0.39, 0.29) is 30.4 Å². The molecule has 0 fully saturated rings. The lowest BCUT2D eigenvalue weighted by atomic mass is 10.3. The van der Waals surface area contributed by atoms with Crippen molar-refractivity contribution in [1.82, 2.24) is 15.5 Å². The molecule has 0 spiro atoms. The van der Waals surface area contributed by atoms with Gasteiger partial charge in [-0.2, -0.15) is 0 Å². The normalized spacial score (nSPS) is 13.9. The van der Waals surface area contributed by atoms with Crippen molar-refractivity contribution in [1.29, 1.82) is 0 Å². The maximum absolute atomic E-state index is 11.5. The van der Waals surface area contributed by atoms with E-state index in [0.717, 1.165) is 0 Å². The number of methoxy groups -OCH3 is 1. The van der Waals surface area contributed by atoms with Crippen molar-refractivity contribution in [3.63, 3.8) is 0 Å². The van der Waals surface area contributed by atoms with E-state index in [4.69, 9.17) is 4.74 Å². The molecule has 2 unspecified atom stereocenters. The molecular formula is C11H23N3O3. The Bertz CT molecular complexity index is 256. The Kier molecular flexibility index (Phi) is 7.49. The van der Waals surface area contributed by atoms with Gasteiger partial charge in [0.1, 0.15) is 0 Å². The number of nitrogens with one attached hydrogen (secondary N) is 2. The van der Waals surface area contributed by atoms with Crippen LogP contribution in [-0.2, 0) is 14.3 Å². The van der Waals surface area contributed by atoms with E-state index < -0.39 is 0 Å². The standard InChI is InChI=1S/C11H23N3O3/c1-8(7-17-5)13-10(15)6-12-9(2)11(16)14(3)4/h8-9,12H,6-7H2,1-5H3,(H,13,15). The van der Waals surface area contributed by atoms with Crippen molar-refractivity contribution in [3.05, 3.63) is 0 Å². The predicted molar refractivity (Wildman–Crippen MR) is 65.6 cm³/mol. The average Bonchev–Trinajstić information content (AvgIpc) is 2.24. The molecule has 0 aliphatic rings. The first kappa shape index (κ1) is 15.9. The van der Waals surface area contributed by atoms with E-state index in [9.17, 15) is 9.59 Å². The highest BCUT2D eigenvalue weighted by molar-refractivity contribution is 5.83. The Labute approximate surface area is 103 Å². The molecule has 0 rings (SSSR count). The summed E-state index contributed by atoms with van der Waals surface area (Å²) < 4.78 is 4.90. The minimum atomic E-state index is -0.367. The van der Waals surface area contributed by atoms with E-state index in [0.29, 0.717) is 6.61 Å². The highest BCUT2D eigenvalue weighted by Gasteiger charge is 2.15. The van der Waals surface area contributed by atoms with Gasteiger partial charge in [0.15, 0.2) is 0 Å². The SMILES string of the molecule is COCC(C)NC(=O)CNC(C)C(=O)N(C)C. The summed E-state index contributed by atoms with van der Waals surface area (Å²) in [7, 11) is 4.95. The monoisotopic (exact) mass is 245 g/mol. The van der Waals surface area contributed by atoms with Crippen LogP contribution < -0.4 is 10.6 Å². The Morgan fingerprint density at radius 3 is 2.35 bits per heavy atom. The van der Waals surface area contributed by atoms with E-state index in [1.165, 1.54) is 4.90 Å². The lowest BCUT2D eigenvalue weighted by Crippen LogP contribution is -2.47. The summed E-state index contributed by atoms with van der Waals surface area (Å²) in [5.41, 5.74) is 0. The molecule has 0 aromatic rings. The fraction of sp³-hybridized carbons (Fsp3) is 0.818. The van der Waals surface area contributed by atoms with Crippen molar-refractivity contribution in [2.24, 2.45) is 0 Å². The number of carbonyl (C=O) groups excluding carboxylic acids is 2. The second-order valence-corrected chi connectivity index (χ2v) is 4.26. The molecule has 0 aliphatic carbocycles. The molecule has 6 nitrogen and oxygen atoms in total. The molecule has 100 valence electrons. The van der Waals surface area contributed by atoms with Crippen molar-refractivity contribution >= 4 is 11.8 Å². The molecule has 0 aromatic carbocycles. The van der Waals surface area contributed by atoms with Gasteiger partial charge in [-0.3, -0.25) is 14.9 Å². The van der Waals surface area contributed by atoms with Crippen molar-refractivity contribution < 1.29 is 14.3 Å². The van der Waals surface area contributed by atoms with Crippen molar-refractivity contribution in [2.75, 3.05) is 34.4 Å². The lowest BCUT2D eigenvalue weighted by molar-refractivity contribution is -0.130. The van der Waals surface area contributed by atoms with Gasteiger partial charge in [-0.05, 0) is 13.8 Å². The third kappa shape index (κ3) is 6.91. The molecule has 6 heteroatoms. The van der Waals surface area contributed by atoms with Gasteiger partial charge in [0.05, 0.1) is 19.2 Å². The van der Waals surface area contributed by atoms with Crippen LogP contribution in [0.5, 0.6) is 0 Å². The molecule has 2 amide bonds. The van der Waals surface area contributed by atoms with Crippen LogP contribution >= 0.6 is 0 Å². The molecule has 2 N–H and O–H groups in total. The number of hydrogen-bond donors (Lipinski definition) is 2. The summed E-state index contributed by atoms with van der Waals surface area (Å²) in [6, 6.07) is -0.400. The quantitative estimate of drug-likeness (QED) is 0.616. The largest absolute Gasteiger partial charge is 0.383 e. The summed E-state index contributed by atoms with van der Waals surface area (Å²) in [5, 5.41) is 5.62. The van der Waals surface area contributed by atoms with E-state index in [1.54, 1.807) is 28.1 Å². The number of rotatable bonds is 7. The van der Waals surface area contributed by atoms with Crippen LogP contribution in [0.1, 0.15) is 13.8 Å². The van der Waals surface area contributed by atoms with Crippen LogP contribution in [0.2, 0.25) is 0 Å². The molecule has 2 atom stereocenters. The Balaban J connectivity index is 3.88. The van der Waals surface area contributed by atoms with Gasteiger partial charge in [0.2, 0.25) is 11.8 Å². The smallest absolute Gasteiger partial charge is 0.238 e. The first-order valence-electron chi connectivity index (χ1n) is 5.61. The molecule has 0 radical (unpaired) electrons. The first-order chi connectivity index (χ1) is 7.88. The van der Waals surface area contributed by atoms with Crippen molar-refractivity contribution in [2.45, 2.75) is 25.9 Å². The fourth-order valence-electron chi connectivity index (χ4n) is 1.34. The summed E-state index contributed by atoms with van der Waals surface area (Å²) in [5.74, 6) is -0.198.